The smallest absolute Gasteiger partial charge is 0.247 e. The van der Waals surface area contributed by atoms with E-state index in [1.807, 2.05) is 17.0 Å². The maximum Gasteiger partial charge on any atom is 0.247 e. The molecule has 0 unspecified atom stereocenters. The molecule has 1 aliphatic carbocycles. The molecule has 2 N–H and O–H groups in total. The van der Waals surface area contributed by atoms with E-state index < -0.39 is 5.54 Å². The van der Waals surface area contributed by atoms with Crippen molar-refractivity contribution in [1.82, 2.24) is 0 Å². The number of benzene rings is 1. The zero-order chi connectivity index (χ0) is 11.3. The summed E-state index contributed by atoms with van der Waals surface area (Å²) in [6.07, 6.45) is 2.59. The summed E-state index contributed by atoms with van der Waals surface area (Å²) >= 11 is 3.44. The summed E-state index contributed by atoms with van der Waals surface area (Å²) < 4.78 is 1.01. The van der Waals surface area contributed by atoms with Gasteiger partial charge in [0.25, 0.3) is 0 Å². The van der Waals surface area contributed by atoms with Crippen molar-refractivity contribution in [3.8, 4) is 0 Å². The fraction of sp³-hybridized carbons (Fsp3) is 0.417. The van der Waals surface area contributed by atoms with Gasteiger partial charge in [-0.1, -0.05) is 22.0 Å². The molecule has 1 amide bonds. The van der Waals surface area contributed by atoms with E-state index in [2.05, 4.69) is 22.0 Å². The van der Waals surface area contributed by atoms with E-state index in [4.69, 9.17) is 5.73 Å². The van der Waals surface area contributed by atoms with Gasteiger partial charge in [-0.05, 0) is 37.0 Å². The monoisotopic (exact) mass is 316 g/mol. The standard InChI is InChI=1S/C12H13BrN2O.ClH/c13-9-2-1-8-3-6-15(10(8)7-9)11(16)12(14)4-5-12;/h1-2,7H,3-6,14H2;1H. The van der Waals surface area contributed by atoms with Crippen LogP contribution in [0.15, 0.2) is 22.7 Å². The summed E-state index contributed by atoms with van der Waals surface area (Å²) in [5.74, 6) is 0.0874. The Morgan fingerprint density at radius 3 is 2.76 bits per heavy atom. The van der Waals surface area contributed by atoms with Crippen molar-refractivity contribution in [2.45, 2.75) is 24.8 Å². The van der Waals surface area contributed by atoms with Gasteiger partial charge in [0.15, 0.2) is 0 Å². The average Bonchev–Trinajstić information content (AvgIpc) is 2.89. The number of nitrogens with two attached hydrogens (primary N) is 1. The molecule has 1 fully saturated rings. The zero-order valence-corrected chi connectivity index (χ0v) is 11.7. The van der Waals surface area contributed by atoms with Crippen molar-refractivity contribution in [2.75, 3.05) is 11.4 Å². The molecule has 17 heavy (non-hydrogen) atoms. The van der Waals surface area contributed by atoms with E-state index in [1.54, 1.807) is 0 Å². The van der Waals surface area contributed by atoms with E-state index in [-0.39, 0.29) is 18.3 Å². The maximum atomic E-state index is 12.2. The molecule has 0 radical (unpaired) electrons. The van der Waals surface area contributed by atoms with Crippen molar-refractivity contribution < 1.29 is 4.79 Å². The van der Waals surface area contributed by atoms with E-state index in [0.29, 0.717) is 0 Å². The van der Waals surface area contributed by atoms with E-state index in [0.717, 1.165) is 36.0 Å². The Morgan fingerprint density at radius 2 is 2.12 bits per heavy atom. The highest BCUT2D eigenvalue weighted by Crippen LogP contribution is 2.39. The molecule has 1 aromatic carbocycles. The third kappa shape index (κ3) is 2.09. The summed E-state index contributed by atoms with van der Waals surface area (Å²) in [6, 6.07) is 6.09. The molecule has 0 saturated heterocycles. The van der Waals surface area contributed by atoms with Crippen molar-refractivity contribution in [1.29, 1.82) is 0 Å². The molecule has 0 aromatic heterocycles. The van der Waals surface area contributed by atoms with Crippen LogP contribution in [0.4, 0.5) is 5.69 Å². The minimum Gasteiger partial charge on any atom is -0.317 e. The van der Waals surface area contributed by atoms with E-state index >= 15 is 0 Å². The topological polar surface area (TPSA) is 46.3 Å². The Hall–Kier alpha value is -0.580. The lowest BCUT2D eigenvalue weighted by Gasteiger charge is -2.21. The number of halogens is 2. The Kier molecular flexibility index (Phi) is 3.23. The SMILES string of the molecule is Cl.NC1(C(=O)N2CCc3ccc(Br)cc32)CC1. The van der Waals surface area contributed by atoms with Gasteiger partial charge in [0.1, 0.15) is 0 Å². The van der Waals surface area contributed by atoms with Crippen LogP contribution < -0.4 is 10.6 Å². The van der Waals surface area contributed by atoms with Gasteiger partial charge in [-0.2, -0.15) is 0 Å². The molecular formula is C12H14BrClN2O. The summed E-state index contributed by atoms with van der Waals surface area (Å²) in [5.41, 5.74) is 7.66. The largest absolute Gasteiger partial charge is 0.317 e. The highest BCUT2D eigenvalue weighted by Gasteiger charge is 2.49. The van der Waals surface area contributed by atoms with Crippen LogP contribution in [-0.4, -0.2) is 18.0 Å². The highest BCUT2D eigenvalue weighted by atomic mass is 79.9. The summed E-state index contributed by atoms with van der Waals surface area (Å²) in [5, 5.41) is 0. The van der Waals surface area contributed by atoms with Crippen molar-refractivity contribution in [2.24, 2.45) is 5.73 Å². The zero-order valence-electron chi connectivity index (χ0n) is 9.28. The molecule has 0 spiro atoms. The van der Waals surface area contributed by atoms with Crippen LogP contribution in [0.1, 0.15) is 18.4 Å². The van der Waals surface area contributed by atoms with Crippen LogP contribution in [0.25, 0.3) is 0 Å². The fourth-order valence-corrected chi connectivity index (χ4v) is 2.53. The first-order valence-electron chi connectivity index (χ1n) is 5.49. The summed E-state index contributed by atoms with van der Waals surface area (Å²) in [6.45, 7) is 0.767. The van der Waals surface area contributed by atoms with Gasteiger partial charge in [0.2, 0.25) is 5.91 Å². The number of fused-ring (bicyclic) bond motifs is 1. The minimum atomic E-state index is -0.566. The molecule has 0 atom stereocenters. The number of hydrogen-bond acceptors (Lipinski definition) is 2. The van der Waals surface area contributed by atoms with E-state index in [9.17, 15) is 4.79 Å². The molecule has 1 saturated carbocycles. The molecule has 3 nitrogen and oxygen atoms in total. The van der Waals surface area contributed by atoms with Gasteiger partial charge < -0.3 is 10.6 Å². The molecule has 0 bridgehead atoms. The van der Waals surface area contributed by atoms with Gasteiger partial charge >= 0.3 is 0 Å². The molecular weight excluding hydrogens is 304 g/mol. The van der Waals surface area contributed by atoms with Crippen molar-refractivity contribution in [3.05, 3.63) is 28.2 Å². The Bertz CT molecular complexity index is 474. The maximum absolute atomic E-state index is 12.2. The highest BCUT2D eigenvalue weighted by molar-refractivity contribution is 9.10. The number of rotatable bonds is 1. The van der Waals surface area contributed by atoms with Gasteiger partial charge in [0.05, 0.1) is 5.54 Å². The lowest BCUT2D eigenvalue weighted by atomic mass is 10.2. The van der Waals surface area contributed by atoms with Crippen LogP contribution in [-0.2, 0) is 11.2 Å². The third-order valence-corrected chi connectivity index (χ3v) is 3.90. The minimum absolute atomic E-state index is 0. The number of anilines is 1. The number of carbonyl (C=O) groups is 1. The van der Waals surface area contributed by atoms with Gasteiger partial charge in [-0.25, -0.2) is 0 Å². The normalized spacial score (nSPS) is 19.5. The molecule has 5 heteroatoms. The third-order valence-electron chi connectivity index (χ3n) is 3.40. The van der Waals surface area contributed by atoms with Crippen molar-refractivity contribution >= 4 is 39.9 Å². The molecule has 1 heterocycles. The van der Waals surface area contributed by atoms with Crippen LogP contribution in [0, 0.1) is 0 Å². The molecule has 1 aromatic rings. The molecule has 2 aliphatic rings. The fourth-order valence-electron chi connectivity index (χ4n) is 2.18. The first kappa shape index (κ1) is 12.9. The first-order valence-corrected chi connectivity index (χ1v) is 6.29. The van der Waals surface area contributed by atoms with Crippen LogP contribution >= 0.6 is 28.3 Å². The number of carbonyl (C=O) groups excluding carboxylic acids is 1. The quantitative estimate of drug-likeness (QED) is 0.863. The first-order chi connectivity index (χ1) is 7.60. The van der Waals surface area contributed by atoms with Crippen LogP contribution in [0.2, 0.25) is 0 Å². The predicted molar refractivity (Wildman–Crippen MR) is 73.6 cm³/mol. The second-order valence-corrected chi connectivity index (χ2v) is 5.55. The lowest BCUT2D eigenvalue weighted by molar-refractivity contribution is -0.120. The number of nitrogens with zero attached hydrogens (tertiary/aromatic N) is 1. The second kappa shape index (κ2) is 4.26. The molecule has 92 valence electrons. The van der Waals surface area contributed by atoms with E-state index in [1.165, 1.54) is 5.56 Å². The summed E-state index contributed by atoms with van der Waals surface area (Å²) in [7, 11) is 0. The number of hydrogen-bond donors (Lipinski definition) is 1. The van der Waals surface area contributed by atoms with Crippen LogP contribution in [0.3, 0.4) is 0 Å². The lowest BCUT2D eigenvalue weighted by Crippen LogP contribution is -2.45. The Balaban J connectivity index is 0.00000108. The predicted octanol–water partition coefficient (Wildman–Crippen LogP) is 2.25. The van der Waals surface area contributed by atoms with Gasteiger partial charge in [-0.3, -0.25) is 4.79 Å². The van der Waals surface area contributed by atoms with Gasteiger partial charge in [0, 0.05) is 16.7 Å². The van der Waals surface area contributed by atoms with Crippen molar-refractivity contribution in [3.63, 3.8) is 0 Å². The molecule has 1 aliphatic heterocycles. The second-order valence-electron chi connectivity index (χ2n) is 4.64. The summed E-state index contributed by atoms with van der Waals surface area (Å²) in [4.78, 5) is 14.0. The average molecular weight is 318 g/mol. The molecule has 3 rings (SSSR count). The Labute approximate surface area is 115 Å². The van der Waals surface area contributed by atoms with Crippen LogP contribution in [0.5, 0.6) is 0 Å². The Morgan fingerprint density at radius 1 is 1.41 bits per heavy atom. The number of amides is 1. The van der Waals surface area contributed by atoms with Gasteiger partial charge in [-0.15, -0.1) is 12.4 Å².